The van der Waals surface area contributed by atoms with Gasteiger partial charge in [0.2, 0.25) is 0 Å². The number of fused-ring (bicyclic) bond motifs is 1. The molecule has 2 aromatic rings. The fourth-order valence-corrected chi connectivity index (χ4v) is 3.71. The van der Waals surface area contributed by atoms with E-state index in [2.05, 4.69) is 38.0 Å². The Morgan fingerprint density at radius 2 is 2.35 bits per heavy atom. The van der Waals surface area contributed by atoms with Gasteiger partial charge < -0.3 is 14.6 Å². The molecule has 1 aliphatic heterocycles. The number of nitrogens with zero attached hydrogens (tertiary/aromatic N) is 1. The summed E-state index contributed by atoms with van der Waals surface area (Å²) in [6.45, 7) is 1.83. The van der Waals surface area contributed by atoms with Crippen LogP contribution in [-0.2, 0) is 11.3 Å². The van der Waals surface area contributed by atoms with E-state index < -0.39 is 0 Å². The zero-order chi connectivity index (χ0) is 16.2. The smallest absolute Gasteiger partial charge is 0.340 e. The van der Waals surface area contributed by atoms with Gasteiger partial charge in [0.15, 0.2) is 0 Å². The van der Waals surface area contributed by atoms with Crippen LogP contribution in [0.3, 0.4) is 0 Å². The molecule has 0 aliphatic carbocycles. The zero-order valence-electron chi connectivity index (χ0n) is 13.2. The molecule has 0 radical (unpaired) electrons. The van der Waals surface area contributed by atoms with E-state index in [4.69, 9.17) is 4.74 Å². The number of piperidine rings is 1. The topological polar surface area (TPSA) is 43.3 Å². The number of esters is 1. The molecule has 1 atom stereocenters. The summed E-state index contributed by atoms with van der Waals surface area (Å²) in [5, 5.41) is 4.42. The molecule has 0 saturated carbocycles. The molecular weight excluding hydrogens is 356 g/mol. The number of hydrogen-bond acceptors (Lipinski definition) is 3. The first-order valence-corrected chi connectivity index (χ1v) is 8.75. The number of halogens is 1. The maximum atomic E-state index is 12.0. The van der Waals surface area contributed by atoms with E-state index in [1.807, 2.05) is 24.4 Å². The first kappa shape index (κ1) is 16.3. The van der Waals surface area contributed by atoms with Gasteiger partial charge in [-0.1, -0.05) is 30.7 Å². The van der Waals surface area contributed by atoms with Crippen LogP contribution in [0.5, 0.6) is 0 Å². The number of para-hydroxylation sites is 1. The van der Waals surface area contributed by atoms with Crippen LogP contribution >= 0.6 is 15.9 Å². The fourth-order valence-electron chi connectivity index (χ4n) is 3.11. The monoisotopic (exact) mass is 376 g/mol. The standard InChI is InChI=1S/C18H21BrN2O2/c1-23-18(22)15-12-21(17-14(15)8-4-9-16(17)19)11-5-7-13-6-2-3-10-20-13/h4-5,7-9,12-13,20H,2-3,6,10-11H2,1H3/b7-5+. The molecule has 0 bridgehead atoms. The molecule has 4 nitrogen and oxygen atoms in total. The molecule has 1 saturated heterocycles. The fraction of sp³-hybridized carbons (Fsp3) is 0.389. The molecular formula is C18H21BrN2O2. The van der Waals surface area contributed by atoms with E-state index in [-0.39, 0.29) is 5.97 Å². The molecule has 3 rings (SSSR count). The van der Waals surface area contributed by atoms with Gasteiger partial charge in [0.05, 0.1) is 18.2 Å². The maximum absolute atomic E-state index is 12.0. The van der Waals surface area contributed by atoms with Crippen molar-refractivity contribution in [2.24, 2.45) is 0 Å². The second-order valence-corrected chi connectivity index (χ2v) is 6.66. The number of ether oxygens (including phenoxy) is 1. The molecule has 122 valence electrons. The predicted molar refractivity (Wildman–Crippen MR) is 95.8 cm³/mol. The number of benzene rings is 1. The van der Waals surface area contributed by atoms with E-state index in [1.54, 1.807) is 0 Å². The van der Waals surface area contributed by atoms with E-state index >= 15 is 0 Å². The Labute approximate surface area is 144 Å². The number of aromatic nitrogens is 1. The lowest BCUT2D eigenvalue weighted by atomic mass is 10.0. The number of methoxy groups -OCH3 is 1. The minimum Gasteiger partial charge on any atom is -0.465 e. The van der Waals surface area contributed by atoms with Gasteiger partial charge in [0.1, 0.15) is 0 Å². The predicted octanol–water partition coefficient (Wildman–Crippen LogP) is 3.89. The number of hydrogen-bond donors (Lipinski definition) is 1. The molecule has 1 aromatic carbocycles. The first-order chi connectivity index (χ1) is 11.2. The van der Waals surface area contributed by atoms with Crippen molar-refractivity contribution in [3.05, 3.63) is 46.6 Å². The molecule has 0 amide bonds. The van der Waals surface area contributed by atoms with Crippen molar-refractivity contribution in [1.82, 2.24) is 9.88 Å². The van der Waals surface area contributed by atoms with Crippen LogP contribution in [0.1, 0.15) is 29.6 Å². The highest BCUT2D eigenvalue weighted by atomic mass is 79.9. The third-order valence-electron chi connectivity index (χ3n) is 4.27. The van der Waals surface area contributed by atoms with Gasteiger partial charge >= 0.3 is 5.97 Å². The Balaban J connectivity index is 1.87. The van der Waals surface area contributed by atoms with Crippen LogP contribution in [0.15, 0.2) is 41.0 Å². The van der Waals surface area contributed by atoms with Gasteiger partial charge in [-0.3, -0.25) is 0 Å². The molecule has 1 aromatic heterocycles. The molecule has 1 aliphatic rings. The van der Waals surface area contributed by atoms with Crippen LogP contribution in [0.2, 0.25) is 0 Å². The normalized spacial score (nSPS) is 18.6. The summed E-state index contributed by atoms with van der Waals surface area (Å²) < 4.78 is 7.97. The Bertz CT molecular complexity index is 730. The number of carbonyl (C=O) groups is 1. The van der Waals surface area contributed by atoms with Gasteiger partial charge in [0, 0.05) is 28.6 Å². The summed E-state index contributed by atoms with van der Waals surface area (Å²) in [5.41, 5.74) is 1.63. The van der Waals surface area contributed by atoms with Crippen LogP contribution in [-0.4, -0.2) is 30.2 Å². The van der Waals surface area contributed by atoms with E-state index in [1.165, 1.54) is 26.4 Å². The van der Waals surface area contributed by atoms with E-state index in [0.717, 1.165) is 28.5 Å². The molecule has 23 heavy (non-hydrogen) atoms. The Morgan fingerprint density at radius 1 is 1.48 bits per heavy atom. The summed E-state index contributed by atoms with van der Waals surface area (Å²) in [6.07, 6.45) is 10.0. The van der Waals surface area contributed by atoms with Crippen molar-refractivity contribution in [2.75, 3.05) is 13.7 Å². The highest BCUT2D eigenvalue weighted by Gasteiger charge is 2.16. The van der Waals surface area contributed by atoms with Gasteiger partial charge in [-0.05, 0) is 41.4 Å². The Hall–Kier alpha value is -1.59. The molecule has 1 unspecified atom stereocenters. The second-order valence-electron chi connectivity index (χ2n) is 5.81. The largest absolute Gasteiger partial charge is 0.465 e. The van der Waals surface area contributed by atoms with Gasteiger partial charge in [0.25, 0.3) is 0 Å². The van der Waals surface area contributed by atoms with Gasteiger partial charge in [-0.15, -0.1) is 0 Å². The van der Waals surface area contributed by atoms with Gasteiger partial charge in [-0.25, -0.2) is 4.79 Å². The second kappa shape index (κ2) is 7.32. The lowest BCUT2D eigenvalue weighted by Gasteiger charge is -2.20. The quantitative estimate of drug-likeness (QED) is 0.650. The number of nitrogens with one attached hydrogen (secondary N) is 1. The van der Waals surface area contributed by atoms with Crippen molar-refractivity contribution in [3.63, 3.8) is 0 Å². The minimum absolute atomic E-state index is 0.301. The van der Waals surface area contributed by atoms with Crippen molar-refractivity contribution in [2.45, 2.75) is 31.8 Å². The highest BCUT2D eigenvalue weighted by molar-refractivity contribution is 9.10. The summed E-state index contributed by atoms with van der Waals surface area (Å²) in [7, 11) is 1.41. The van der Waals surface area contributed by atoms with Crippen LogP contribution in [0, 0.1) is 0 Å². The van der Waals surface area contributed by atoms with Gasteiger partial charge in [-0.2, -0.15) is 0 Å². The van der Waals surface area contributed by atoms with Crippen molar-refractivity contribution in [1.29, 1.82) is 0 Å². The van der Waals surface area contributed by atoms with Crippen LogP contribution < -0.4 is 5.32 Å². The molecule has 2 heterocycles. The Morgan fingerprint density at radius 3 is 3.09 bits per heavy atom. The lowest BCUT2D eigenvalue weighted by Crippen LogP contribution is -2.32. The maximum Gasteiger partial charge on any atom is 0.340 e. The molecule has 0 spiro atoms. The molecule has 1 N–H and O–H groups in total. The van der Waals surface area contributed by atoms with E-state index in [0.29, 0.717) is 11.6 Å². The average Bonchev–Trinajstić information content (AvgIpc) is 2.95. The summed E-state index contributed by atoms with van der Waals surface area (Å²) in [4.78, 5) is 12.0. The average molecular weight is 377 g/mol. The summed E-state index contributed by atoms with van der Waals surface area (Å²) in [6, 6.07) is 6.35. The Kier molecular flexibility index (Phi) is 5.18. The highest BCUT2D eigenvalue weighted by Crippen LogP contribution is 2.29. The third-order valence-corrected chi connectivity index (χ3v) is 4.91. The SMILES string of the molecule is COC(=O)c1cn(C/C=C/C2CCCCN2)c2c(Br)cccc12. The number of rotatable bonds is 4. The van der Waals surface area contributed by atoms with Crippen LogP contribution in [0.4, 0.5) is 0 Å². The van der Waals surface area contributed by atoms with Crippen molar-refractivity contribution >= 4 is 32.8 Å². The minimum atomic E-state index is -0.301. The lowest BCUT2D eigenvalue weighted by molar-refractivity contribution is 0.0603. The van der Waals surface area contributed by atoms with Crippen molar-refractivity contribution < 1.29 is 9.53 Å². The van der Waals surface area contributed by atoms with Crippen LogP contribution in [0.25, 0.3) is 10.9 Å². The first-order valence-electron chi connectivity index (χ1n) is 7.96. The summed E-state index contributed by atoms with van der Waals surface area (Å²) >= 11 is 3.59. The summed E-state index contributed by atoms with van der Waals surface area (Å²) in [5.74, 6) is -0.301. The molecule has 1 fully saturated rings. The zero-order valence-corrected chi connectivity index (χ0v) is 14.8. The number of allylic oxidation sites excluding steroid dienone is 1. The number of carbonyl (C=O) groups excluding carboxylic acids is 1. The van der Waals surface area contributed by atoms with E-state index in [9.17, 15) is 4.79 Å². The van der Waals surface area contributed by atoms with Crippen molar-refractivity contribution in [3.8, 4) is 0 Å². The third kappa shape index (κ3) is 3.51. The molecule has 5 heteroatoms.